The highest BCUT2D eigenvalue weighted by Gasteiger charge is 2.33. The molecule has 116 valence electrons. The van der Waals surface area contributed by atoms with Gasteiger partial charge >= 0.3 is 0 Å². The van der Waals surface area contributed by atoms with E-state index < -0.39 is 5.91 Å². The van der Waals surface area contributed by atoms with E-state index in [1.54, 1.807) is 15.8 Å². The Bertz CT molecular complexity index is 871. The Morgan fingerprint density at radius 1 is 1.17 bits per heavy atom. The van der Waals surface area contributed by atoms with E-state index in [1.807, 2.05) is 41.1 Å². The zero-order valence-corrected chi connectivity index (χ0v) is 12.3. The lowest BCUT2D eigenvalue weighted by Gasteiger charge is -2.39. The molecule has 3 aromatic rings. The Balaban J connectivity index is 1.46. The number of carbonyl (C=O) groups is 2. The lowest BCUT2D eigenvalue weighted by molar-refractivity contribution is 0.0501. The van der Waals surface area contributed by atoms with Crippen LogP contribution in [0, 0.1) is 0 Å². The molecule has 23 heavy (non-hydrogen) atoms. The van der Waals surface area contributed by atoms with E-state index in [4.69, 9.17) is 5.73 Å². The summed E-state index contributed by atoms with van der Waals surface area (Å²) in [6.07, 6.45) is 6.83. The van der Waals surface area contributed by atoms with Crippen LogP contribution in [0.25, 0.3) is 5.52 Å². The second-order valence-electron chi connectivity index (χ2n) is 5.70. The highest BCUT2D eigenvalue weighted by Crippen LogP contribution is 2.23. The molecule has 0 radical (unpaired) electrons. The first kappa shape index (κ1) is 13.6. The second kappa shape index (κ2) is 4.98. The first-order valence-corrected chi connectivity index (χ1v) is 7.32. The maximum atomic E-state index is 12.5. The number of likely N-dealkylation sites (tertiary alicyclic amines) is 1. The number of rotatable bonds is 3. The fourth-order valence-electron chi connectivity index (χ4n) is 2.81. The number of nitrogens with two attached hydrogens (primary N) is 1. The van der Waals surface area contributed by atoms with Gasteiger partial charge in [-0.1, -0.05) is 6.07 Å². The normalized spacial score (nSPS) is 14.9. The molecule has 0 spiro atoms. The van der Waals surface area contributed by atoms with Gasteiger partial charge in [-0.2, -0.15) is 5.10 Å². The molecule has 1 aliphatic rings. The molecule has 7 heteroatoms. The topological polar surface area (TPSA) is 85.6 Å². The standard InChI is InChI=1S/C16H15N5O2/c17-15(22)12-6-18-21(8-12)14-9-20(10-14)16(23)11-5-13-3-1-2-4-19(13)7-11/h1-8,14H,9-10H2,(H2,17,22). The molecule has 3 aromatic heterocycles. The van der Waals surface area contributed by atoms with Crippen molar-refractivity contribution in [3.8, 4) is 0 Å². The summed E-state index contributed by atoms with van der Waals surface area (Å²) < 4.78 is 3.62. The largest absolute Gasteiger partial charge is 0.366 e. The number of primary amides is 1. The third kappa shape index (κ3) is 2.26. The number of aromatic nitrogens is 3. The summed E-state index contributed by atoms with van der Waals surface area (Å²) >= 11 is 0. The lowest BCUT2D eigenvalue weighted by atomic mass is 10.1. The summed E-state index contributed by atoms with van der Waals surface area (Å²) in [5.41, 5.74) is 7.26. The van der Waals surface area contributed by atoms with Crippen molar-refractivity contribution in [2.45, 2.75) is 6.04 Å². The van der Waals surface area contributed by atoms with Crippen molar-refractivity contribution in [3.05, 3.63) is 60.2 Å². The van der Waals surface area contributed by atoms with Gasteiger partial charge in [0.1, 0.15) is 0 Å². The predicted molar refractivity (Wildman–Crippen MR) is 83.1 cm³/mol. The van der Waals surface area contributed by atoms with Crippen LogP contribution in [0.5, 0.6) is 0 Å². The Hall–Kier alpha value is -3.09. The van der Waals surface area contributed by atoms with Crippen LogP contribution in [-0.4, -0.2) is 44.0 Å². The first-order chi connectivity index (χ1) is 11.1. The van der Waals surface area contributed by atoms with Gasteiger partial charge in [0.15, 0.2) is 0 Å². The van der Waals surface area contributed by atoms with E-state index >= 15 is 0 Å². The summed E-state index contributed by atoms with van der Waals surface area (Å²) in [5, 5.41) is 4.13. The SMILES string of the molecule is NC(=O)c1cnn(C2CN(C(=O)c3cc4ccccn4c3)C2)c1. The zero-order chi connectivity index (χ0) is 16.0. The molecule has 0 atom stereocenters. The number of amides is 2. The average molecular weight is 309 g/mol. The van der Waals surface area contributed by atoms with Crippen molar-refractivity contribution in [1.29, 1.82) is 0 Å². The first-order valence-electron chi connectivity index (χ1n) is 7.32. The van der Waals surface area contributed by atoms with Gasteiger partial charge in [0.05, 0.1) is 23.4 Å². The molecule has 0 aliphatic carbocycles. The molecule has 0 saturated carbocycles. The van der Waals surface area contributed by atoms with E-state index in [-0.39, 0.29) is 11.9 Å². The van der Waals surface area contributed by atoms with Gasteiger partial charge in [-0.25, -0.2) is 0 Å². The van der Waals surface area contributed by atoms with Gasteiger partial charge < -0.3 is 15.0 Å². The van der Waals surface area contributed by atoms with Crippen molar-refractivity contribution >= 4 is 17.3 Å². The fourth-order valence-corrected chi connectivity index (χ4v) is 2.81. The lowest BCUT2D eigenvalue weighted by Crippen LogP contribution is -2.50. The average Bonchev–Trinajstić information content (AvgIpc) is 3.12. The minimum atomic E-state index is -0.496. The van der Waals surface area contributed by atoms with E-state index in [9.17, 15) is 9.59 Å². The summed E-state index contributed by atoms with van der Waals surface area (Å²) in [7, 11) is 0. The molecule has 0 aromatic carbocycles. The monoisotopic (exact) mass is 309 g/mol. The molecule has 2 amide bonds. The quantitative estimate of drug-likeness (QED) is 0.781. The zero-order valence-electron chi connectivity index (χ0n) is 12.3. The smallest absolute Gasteiger partial charge is 0.255 e. The van der Waals surface area contributed by atoms with Crippen molar-refractivity contribution < 1.29 is 9.59 Å². The van der Waals surface area contributed by atoms with Crippen molar-refractivity contribution in [3.63, 3.8) is 0 Å². The molecular weight excluding hydrogens is 294 g/mol. The molecule has 0 bridgehead atoms. The Morgan fingerprint density at radius 2 is 2.00 bits per heavy atom. The summed E-state index contributed by atoms with van der Waals surface area (Å²) in [4.78, 5) is 25.4. The molecule has 1 saturated heterocycles. The Kier molecular flexibility index (Phi) is 2.94. The van der Waals surface area contributed by atoms with Gasteiger partial charge in [0.25, 0.3) is 11.8 Å². The third-order valence-corrected chi connectivity index (χ3v) is 4.16. The summed E-state index contributed by atoms with van der Waals surface area (Å²) in [5.74, 6) is -0.490. The van der Waals surface area contributed by atoms with Gasteiger partial charge in [0, 0.05) is 37.2 Å². The van der Waals surface area contributed by atoms with Crippen LogP contribution >= 0.6 is 0 Å². The molecule has 4 rings (SSSR count). The van der Waals surface area contributed by atoms with Crippen molar-refractivity contribution in [2.75, 3.05) is 13.1 Å². The number of pyridine rings is 1. The van der Waals surface area contributed by atoms with Crippen LogP contribution in [0.1, 0.15) is 26.8 Å². The second-order valence-corrected chi connectivity index (χ2v) is 5.70. The van der Waals surface area contributed by atoms with Gasteiger partial charge in [-0.05, 0) is 18.2 Å². The molecule has 4 heterocycles. The van der Waals surface area contributed by atoms with Crippen LogP contribution < -0.4 is 5.73 Å². The predicted octanol–water partition coefficient (Wildman–Crippen LogP) is 0.932. The minimum absolute atomic E-state index is 0.00670. The highest BCUT2D eigenvalue weighted by atomic mass is 16.2. The Labute approximate surface area is 131 Å². The number of hydrogen-bond acceptors (Lipinski definition) is 3. The number of fused-ring (bicyclic) bond motifs is 1. The van der Waals surface area contributed by atoms with Gasteiger partial charge in [-0.15, -0.1) is 0 Å². The Morgan fingerprint density at radius 3 is 2.70 bits per heavy atom. The number of nitrogens with zero attached hydrogens (tertiary/aromatic N) is 4. The van der Waals surface area contributed by atoms with Crippen LogP contribution in [-0.2, 0) is 0 Å². The van der Waals surface area contributed by atoms with Crippen molar-refractivity contribution in [2.24, 2.45) is 5.73 Å². The maximum Gasteiger partial charge on any atom is 0.255 e. The molecule has 1 fully saturated rings. The van der Waals surface area contributed by atoms with E-state index in [0.717, 1.165) is 5.52 Å². The molecule has 1 aliphatic heterocycles. The van der Waals surface area contributed by atoms with Gasteiger partial charge in [0.2, 0.25) is 0 Å². The van der Waals surface area contributed by atoms with Crippen LogP contribution in [0.15, 0.2) is 49.1 Å². The minimum Gasteiger partial charge on any atom is -0.366 e. The maximum absolute atomic E-state index is 12.5. The number of hydrogen-bond donors (Lipinski definition) is 1. The molecule has 7 nitrogen and oxygen atoms in total. The van der Waals surface area contributed by atoms with E-state index in [0.29, 0.717) is 24.2 Å². The summed E-state index contributed by atoms with van der Waals surface area (Å²) in [6, 6.07) is 7.80. The van der Waals surface area contributed by atoms with Crippen LogP contribution in [0.2, 0.25) is 0 Å². The highest BCUT2D eigenvalue weighted by molar-refractivity contribution is 5.96. The third-order valence-electron chi connectivity index (χ3n) is 4.16. The molecule has 0 unspecified atom stereocenters. The van der Waals surface area contributed by atoms with Crippen LogP contribution in [0.4, 0.5) is 0 Å². The van der Waals surface area contributed by atoms with E-state index in [2.05, 4.69) is 5.10 Å². The van der Waals surface area contributed by atoms with Crippen molar-refractivity contribution in [1.82, 2.24) is 19.1 Å². The summed E-state index contributed by atoms with van der Waals surface area (Å²) in [6.45, 7) is 1.15. The van der Waals surface area contributed by atoms with E-state index in [1.165, 1.54) is 6.20 Å². The number of carbonyl (C=O) groups excluding carboxylic acids is 2. The fraction of sp³-hybridized carbons (Fsp3) is 0.188. The molecule has 2 N–H and O–H groups in total. The molecular formula is C16H15N5O2. The van der Waals surface area contributed by atoms with Gasteiger partial charge in [-0.3, -0.25) is 14.3 Å². The van der Waals surface area contributed by atoms with Crippen LogP contribution in [0.3, 0.4) is 0 Å².